The maximum atomic E-state index is 12.1. The maximum Gasteiger partial charge on any atom is 0.363 e. The minimum Gasteiger partial charge on any atom is -0.496 e. The van der Waals surface area contributed by atoms with Gasteiger partial charge in [0.05, 0.1) is 19.3 Å². The van der Waals surface area contributed by atoms with Gasteiger partial charge in [0, 0.05) is 5.02 Å². The van der Waals surface area contributed by atoms with Crippen molar-refractivity contribution in [3.63, 3.8) is 0 Å². The number of hydrogen-bond donors (Lipinski definition) is 0. The van der Waals surface area contributed by atoms with E-state index in [1.165, 1.54) is 7.11 Å². The van der Waals surface area contributed by atoms with Crippen LogP contribution < -0.4 is 9.47 Å². The highest BCUT2D eigenvalue weighted by molar-refractivity contribution is 6.31. The lowest BCUT2D eigenvalue weighted by atomic mass is 10.2. The third-order valence-corrected chi connectivity index (χ3v) is 3.74. The second-order valence-electron chi connectivity index (χ2n) is 5.18. The van der Waals surface area contributed by atoms with Crippen LogP contribution in [0.4, 0.5) is 0 Å². The molecule has 1 aliphatic rings. The van der Waals surface area contributed by atoms with Crippen molar-refractivity contribution in [1.29, 1.82) is 0 Å². The zero-order valence-corrected chi connectivity index (χ0v) is 14.5. The van der Waals surface area contributed by atoms with E-state index in [4.69, 9.17) is 25.8 Å². The summed E-state index contributed by atoms with van der Waals surface area (Å²) in [5.41, 5.74) is 1.55. The lowest BCUT2D eigenvalue weighted by molar-refractivity contribution is -0.129. The van der Waals surface area contributed by atoms with E-state index < -0.39 is 5.97 Å². The van der Waals surface area contributed by atoms with E-state index in [1.54, 1.807) is 24.3 Å². The molecule has 0 spiro atoms. The highest BCUT2D eigenvalue weighted by Gasteiger charge is 2.26. The number of esters is 1. The van der Waals surface area contributed by atoms with Gasteiger partial charge >= 0.3 is 5.97 Å². The molecular weight excluding hydrogens is 342 g/mol. The molecule has 0 saturated carbocycles. The van der Waals surface area contributed by atoms with E-state index in [0.29, 0.717) is 22.9 Å². The molecule has 0 radical (unpaired) electrons. The van der Waals surface area contributed by atoms with Gasteiger partial charge in [-0.15, -0.1) is 0 Å². The summed E-state index contributed by atoms with van der Waals surface area (Å²) in [4.78, 5) is 16.4. The average Bonchev–Trinajstić information content (AvgIpc) is 2.97. The number of aliphatic imine (C=N–C) groups is 1. The lowest BCUT2D eigenvalue weighted by Crippen LogP contribution is -2.07. The van der Waals surface area contributed by atoms with Crippen LogP contribution in [-0.4, -0.2) is 25.6 Å². The molecule has 0 bridgehead atoms. The molecule has 2 aromatic rings. The van der Waals surface area contributed by atoms with Gasteiger partial charge in [0.1, 0.15) is 11.5 Å². The van der Waals surface area contributed by atoms with Crippen LogP contribution in [0.15, 0.2) is 53.2 Å². The molecule has 0 aromatic heterocycles. The van der Waals surface area contributed by atoms with Gasteiger partial charge in [-0.3, -0.25) is 0 Å². The summed E-state index contributed by atoms with van der Waals surface area (Å²) in [5, 5.41) is 0.499. The number of cyclic esters (lactones) is 1. The van der Waals surface area contributed by atoms with Gasteiger partial charge in [-0.1, -0.05) is 23.7 Å². The third kappa shape index (κ3) is 3.83. The quantitative estimate of drug-likeness (QED) is 0.597. The molecule has 0 N–H and O–H groups in total. The number of carbonyl (C=O) groups is 1. The summed E-state index contributed by atoms with van der Waals surface area (Å²) in [5.74, 6) is 0.942. The van der Waals surface area contributed by atoms with Crippen LogP contribution in [-0.2, 0) is 9.53 Å². The van der Waals surface area contributed by atoms with Gasteiger partial charge in [0.15, 0.2) is 5.70 Å². The van der Waals surface area contributed by atoms with Gasteiger partial charge in [0.2, 0.25) is 5.90 Å². The Morgan fingerprint density at radius 1 is 1.20 bits per heavy atom. The van der Waals surface area contributed by atoms with Crippen molar-refractivity contribution in [3.8, 4) is 11.5 Å². The van der Waals surface area contributed by atoms with E-state index in [2.05, 4.69) is 4.99 Å². The Hall–Kier alpha value is -2.79. The van der Waals surface area contributed by atoms with Crippen molar-refractivity contribution in [2.45, 2.75) is 6.92 Å². The zero-order chi connectivity index (χ0) is 17.8. The molecule has 2 aromatic carbocycles. The minimum absolute atomic E-state index is 0.168. The first-order chi connectivity index (χ1) is 12.1. The van der Waals surface area contributed by atoms with Crippen molar-refractivity contribution < 1.29 is 19.0 Å². The normalized spacial score (nSPS) is 15.1. The van der Waals surface area contributed by atoms with Gasteiger partial charge < -0.3 is 14.2 Å². The highest BCUT2D eigenvalue weighted by Crippen LogP contribution is 2.28. The molecule has 1 heterocycles. The maximum absolute atomic E-state index is 12.1. The Morgan fingerprint density at radius 3 is 2.64 bits per heavy atom. The van der Waals surface area contributed by atoms with Crippen molar-refractivity contribution in [2.75, 3.05) is 13.7 Å². The number of hydrogen-bond acceptors (Lipinski definition) is 5. The number of methoxy groups -OCH3 is 1. The molecule has 0 saturated heterocycles. The second kappa shape index (κ2) is 7.40. The summed E-state index contributed by atoms with van der Waals surface area (Å²) in [6.07, 6.45) is 1.65. The van der Waals surface area contributed by atoms with Crippen LogP contribution >= 0.6 is 11.6 Å². The second-order valence-corrected chi connectivity index (χ2v) is 5.62. The van der Waals surface area contributed by atoms with Crippen LogP contribution in [0, 0.1) is 0 Å². The summed E-state index contributed by atoms with van der Waals surface area (Å²) in [6.45, 7) is 2.52. The fraction of sp³-hybridized carbons (Fsp3) is 0.158. The standard InChI is InChI=1S/C19H16ClNO4/c1-3-24-14-7-4-12(5-8-14)10-16-19(22)25-18(21-16)15-11-13(20)6-9-17(15)23-2/h4-11H,3H2,1-2H3/b16-10+. The Kier molecular flexibility index (Phi) is 5.05. The molecule has 25 heavy (non-hydrogen) atoms. The summed E-state index contributed by atoms with van der Waals surface area (Å²) < 4.78 is 15.9. The number of nitrogens with zero attached hydrogens (tertiary/aromatic N) is 1. The molecule has 5 nitrogen and oxygen atoms in total. The summed E-state index contributed by atoms with van der Waals surface area (Å²) >= 11 is 6.02. The van der Waals surface area contributed by atoms with Crippen LogP contribution in [0.2, 0.25) is 5.02 Å². The fourth-order valence-corrected chi connectivity index (χ4v) is 2.53. The Morgan fingerprint density at radius 2 is 1.96 bits per heavy atom. The Balaban J connectivity index is 1.91. The van der Waals surface area contributed by atoms with Crippen LogP contribution in [0.25, 0.3) is 6.08 Å². The fourth-order valence-electron chi connectivity index (χ4n) is 2.36. The third-order valence-electron chi connectivity index (χ3n) is 3.51. The van der Waals surface area contributed by atoms with E-state index in [1.807, 2.05) is 31.2 Å². The van der Waals surface area contributed by atoms with Crippen LogP contribution in [0.3, 0.4) is 0 Å². The predicted molar refractivity (Wildman–Crippen MR) is 96.2 cm³/mol. The zero-order valence-electron chi connectivity index (χ0n) is 13.8. The molecule has 0 amide bonds. The van der Waals surface area contributed by atoms with Crippen molar-refractivity contribution >= 4 is 29.5 Å². The number of halogens is 1. The molecule has 6 heteroatoms. The Bertz CT molecular complexity index is 856. The van der Waals surface area contributed by atoms with Crippen molar-refractivity contribution in [1.82, 2.24) is 0 Å². The monoisotopic (exact) mass is 357 g/mol. The molecule has 0 aliphatic carbocycles. The first kappa shape index (κ1) is 17.0. The highest BCUT2D eigenvalue weighted by atomic mass is 35.5. The first-order valence-electron chi connectivity index (χ1n) is 7.70. The number of benzene rings is 2. The summed E-state index contributed by atoms with van der Waals surface area (Å²) in [6, 6.07) is 12.4. The van der Waals surface area contributed by atoms with E-state index in [-0.39, 0.29) is 11.6 Å². The summed E-state index contributed by atoms with van der Waals surface area (Å²) in [7, 11) is 1.53. The van der Waals surface area contributed by atoms with E-state index in [9.17, 15) is 4.79 Å². The number of carbonyl (C=O) groups excluding carboxylic acids is 1. The lowest BCUT2D eigenvalue weighted by Gasteiger charge is -2.07. The largest absolute Gasteiger partial charge is 0.496 e. The molecule has 1 aliphatic heterocycles. The van der Waals surface area contributed by atoms with Gasteiger partial charge in [0.25, 0.3) is 0 Å². The number of rotatable bonds is 5. The SMILES string of the molecule is CCOc1ccc(/C=C2/N=C(c3cc(Cl)ccc3OC)OC2=O)cc1. The number of ether oxygens (including phenoxy) is 3. The van der Waals surface area contributed by atoms with Gasteiger partial charge in [-0.2, -0.15) is 0 Å². The van der Waals surface area contributed by atoms with E-state index in [0.717, 1.165) is 11.3 Å². The average molecular weight is 358 g/mol. The molecule has 3 rings (SSSR count). The predicted octanol–water partition coefficient (Wildman–Crippen LogP) is 4.09. The minimum atomic E-state index is -0.522. The van der Waals surface area contributed by atoms with Crippen LogP contribution in [0.5, 0.6) is 11.5 Å². The first-order valence-corrected chi connectivity index (χ1v) is 8.08. The topological polar surface area (TPSA) is 57.1 Å². The molecule has 0 unspecified atom stereocenters. The molecule has 0 fully saturated rings. The molecular formula is C19H16ClNO4. The van der Waals surface area contributed by atoms with Crippen molar-refractivity contribution in [3.05, 3.63) is 64.3 Å². The Labute approximate surface area is 150 Å². The van der Waals surface area contributed by atoms with Gasteiger partial charge in [-0.05, 0) is 48.9 Å². The van der Waals surface area contributed by atoms with Crippen LogP contribution in [0.1, 0.15) is 18.1 Å². The van der Waals surface area contributed by atoms with Gasteiger partial charge in [-0.25, -0.2) is 9.79 Å². The molecule has 128 valence electrons. The smallest absolute Gasteiger partial charge is 0.363 e. The van der Waals surface area contributed by atoms with E-state index >= 15 is 0 Å². The van der Waals surface area contributed by atoms with Crippen molar-refractivity contribution in [2.24, 2.45) is 4.99 Å². The molecule has 0 atom stereocenters.